The third-order valence-electron chi connectivity index (χ3n) is 3.36. The van der Waals surface area contributed by atoms with E-state index in [1.165, 1.54) is 0 Å². The number of nitrogens with zero attached hydrogens (tertiary/aromatic N) is 2. The molecule has 0 bridgehead atoms. The minimum absolute atomic E-state index is 0.0155. The number of pyridine rings is 1. The Labute approximate surface area is 126 Å². The van der Waals surface area contributed by atoms with Crippen LogP contribution in [0.25, 0.3) is 0 Å². The molecule has 1 amide bonds. The fraction of sp³-hybridized carbons (Fsp3) is 0.600. The van der Waals surface area contributed by atoms with E-state index in [2.05, 4.69) is 24.1 Å². The molecule has 0 aliphatic carbocycles. The normalized spacial score (nSPS) is 12.1. The second-order valence-corrected chi connectivity index (χ2v) is 5.24. The summed E-state index contributed by atoms with van der Waals surface area (Å²) in [6.45, 7) is 9.67. The molecule has 0 radical (unpaired) electrons. The zero-order valence-electron chi connectivity index (χ0n) is 12.7. The van der Waals surface area contributed by atoms with Crippen molar-refractivity contribution in [2.24, 2.45) is 0 Å². The van der Waals surface area contributed by atoms with Gasteiger partial charge in [-0.05, 0) is 32.8 Å². The van der Waals surface area contributed by atoms with E-state index in [1.54, 1.807) is 12.3 Å². The maximum absolute atomic E-state index is 12.5. The Kier molecular flexibility index (Phi) is 6.79. The SMILES string of the molecule is CCCNc1ncc(C(=O)N(CC)C(C)CC)cc1Cl. The Morgan fingerprint density at radius 3 is 2.65 bits per heavy atom. The summed E-state index contributed by atoms with van der Waals surface area (Å²) in [5.41, 5.74) is 0.541. The van der Waals surface area contributed by atoms with Crippen molar-refractivity contribution < 1.29 is 4.79 Å². The summed E-state index contributed by atoms with van der Waals surface area (Å²) in [4.78, 5) is 18.5. The van der Waals surface area contributed by atoms with Crippen LogP contribution in [-0.2, 0) is 0 Å². The van der Waals surface area contributed by atoms with Crippen LogP contribution >= 0.6 is 11.6 Å². The lowest BCUT2D eigenvalue weighted by Crippen LogP contribution is -2.38. The zero-order valence-corrected chi connectivity index (χ0v) is 13.5. The molecule has 0 aliphatic heterocycles. The number of amides is 1. The lowest BCUT2D eigenvalue weighted by molar-refractivity contribution is 0.0699. The van der Waals surface area contributed by atoms with E-state index in [0.717, 1.165) is 19.4 Å². The number of hydrogen-bond donors (Lipinski definition) is 1. The Morgan fingerprint density at radius 1 is 1.45 bits per heavy atom. The number of anilines is 1. The standard InChI is InChI=1S/C15H24ClN3O/c1-5-8-17-14-13(16)9-12(10-18-14)15(20)19(7-3)11(4)6-2/h9-11H,5-8H2,1-4H3,(H,17,18). The number of hydrogen-bond acceptors (Lipinski definition) is 3. The third kappa shape index (κ3) is 4.10. The summed E-state index contributed by atoms with van der Waals surface area (Å²) in [6, 6.07) is 1.91. The van der Waals surface area contributed by atoms with Gasteiger partial charge >= 0.3 is 0 Å². The number of aromatic nitrogens is 1. The Balaban J connectivity index is 2.91. The number of nitrogens with one attached hydrogen (secondary N) is 1. The molecule has 1 unspecified atom stereocenters. The average molecular weight is 298 g/mol. The summed E-state index contributed by atoms with van der Waals surface area (Å²) in [7, 11) is 0. The molecule has 0 aromatic carbocycles. The number of carbonyl (C=O) groups excluding carboxylic acids is 1. The van der Waals surface area contributed by atoms with Crippen LogP contribution in [-0.4, -0.2) is 34.9 Å². The summed E-state index contributed by atoms with van der Waals surface area (Å²) >= 11 is 6.17. The molecule has 5 heteroatoms. The van der Waals surface area contributed by atoms with E-state index in [4.69, 9.17) is 11.6 Å². The van der Waals surface area contributed by atoms with Crippen molar-refractivity contribution in [3.8, 4) is 0 Å². The minimum atomic E-state index is -0.0155. The van der Waals surface area contributed by atoms with Crippen molar-refractivity contribution in [3.05, 3.63) is 22.8 Å². The van der Waals surface area contributed by atoms with Crippen LogP contribution in [0, 0.1) is 0 Å². The molecule has 0 fully saturated rings. The second kappa shape index (κ2) is 8.10. The number of carbonyl (C=O) groups is 1. The van der Waals surface area contributed by atoms with Gasteiger partial charge in [-0.1, -0.05) is 25.4 Å². The molecule has 1 N–H and O–H groups in total. The topological polar surface area (TPSA) is 45.2 Å². The van der Waals surface area contributed by atoms with Gasteiger partial charge < -0.3 is 10.2 Å². The second-order valence-electron chi connectivity index (χ2n) is 4.83. The molecular formula is C15H24ClN3O. The third-order valence-corrected chi connectivity index (χ3v) is 3.64. The summed E-state index contributed by atoms with van der Waals surface area (Å²) in [6.07, 6.45) is 3.52. The summed E-state index contributed by atoms with van der Waals surface area (Å²) in [5, 5.41) is 3.63. The van der Waals surface area contributed by atoms with Crippen LogP contribution in [0.3, 0.4) is 0 Å². The highest BCUT2D eigenvalue weighted by molar-refractivity contribution is 6.33. The van der Waals surface area contributed by atoms with Crippen LogP contribution < -0.4 is 5.32 Å². The largest absolute Gasteiger partial charge is 0.369 e. The van der Waals surface area contributed by atoms with Crippen LogP contribution in [0.5, 0.6) is 0 Å². The monoisotopic (exact) mass is 297 g/mol. The van der Waals surface area contributed by atoms with Crippen molar-refractivity contribution in [3.63, 3.8) is 0 Å². The molecule has 1 aromatic heterocycles. The molecule has 1 heterocycles. The fourth-order valence-corrected chi connectivity index (χ4v) is 2.20. The molecule has 0 spiro atoms. The van der Waals surface area contributed by atoms with E-state index in [9.17, 15) is 4.79 Å². The Morgan fingerprint density at radius 2 is 2.15 bits per heavy atom. The molecule has 0 saturated carbocycles. The highest BCUT2D eigenvalue weighted by Gasteiger charge is 2.19. The van der Waals surface area contributed by atoms with Crippen molar-refractivity contribution in [2.45, 2.75) is 46.6 Å². The highest BCUT2D eigenvalue weighted by Crippen LogP contribution is 2.21. The minimum Gasteiger partial charge on any atom is -0.369 e. The van der Waals surface area contributed by atoms with Crippen molar-refractivity contribution >= 4 is 23.3 Å². The van der Waals surface area contributed by atoms with Crippen molar-refractivity contribution in [1.29, 1.82) is 0 Å². The molecule has 4 nitrogen and oxygen atoms in total. The molecule has 0 saturated heterocycles. The first kappa shape index (κ1) is 16.8. The smallest absolute Gasteiger partial charge is 0.255 e. The summed E-state index contributed by atoms with van der Waals surface area (Å²) < 4.78 is 0. The lowest BCUT2D eigenvalue weighted by Gasteiger charge is -2.27. The maximum Gasteiger partial charge on any atom is 0.255 e. The van der Waals surface area contributed by atoms with Crippen molar-refractivity contribution in [2.75, 3.05) is 18.4 Å². The van der Waals surface area contributed by atoms with Gasteiger partial charge in [0.15, 0.2) is 0 Å². The predicted octanol–water partition coefficient (Wildman–Crippen LogP) is 3.82. The highest BCUT2D eigenvalue weighted by atomic mass is 35.5. The van der Waals surface area contributed by atoms with E-state index < -0.39 is 0 Å². The molecule has 1 rings (SSSR count). The molecule has 1 atom stereocenters. The van der Waals surface area contributed by atoms with Crippen LogP contribution in [0.2, 0.25) is 5.02 Å². The zero-order chi connectivity index (χ0) is 15.1. The Bertz CT molecular complexity index is 451. The molecule has 20 heavy (non-hydrogen) atoms. The molecular weight excluding hydrogens is 274 g/mol. The van der Waals surface area contributed by atoms with Crippen LogP contribution in [0.15, 0.2) is 12.3 Å². The van der Waals surface area contributed by atoms with Gasteiger partial charge in [0.05, 0.1) is 10.6 Å². The van der Waals surface area contributed by atoms with Gasteiger partial charge in [-0.15, -0.1) is 0 Å². The van der Waals surface area contributed by atoms with Crippen LogP contribution in [0.4, 0.5) is 5.82 Å². The van der Waals surface area contributed by atoms with Gasteiger partial charge in [-0.2, -0.15) is 0 Å². The number of rotatable bonds is 7. The van der Waals surface area contributed by atoms with Gasteiger partial charge in [-0.25, -0.2) is 4.98 Å². The molecule has 1 aromatic rings. The predicted molar refractivity (Wildman–Crippen MR) is 84.5 cm³/mol. The fourth-order valence-electron chi connectivity index (χ4n) is 1.97. The van der Waals surface area contributed by atoms with E-state index in [-0.39, 0.29) is 11.9 Å². The first-order chi connectivity index (χ1) is 9.54. The lowest BCUT2D eigenvalue weighted by atomic mass is 10.1. The van der Waals surface area contributed by atoms with Gasteiger partial charge in [0.25, 0.3) is 5.91 Å². The quantitative estimate of drug-likeness (QED) is 0.832. The van der Waals surface area contributed by atoms with Gasteiger partial charge in [0.2, 0.25) is 0 Å². The first-order valence-electron chi connectivity index (χ1n) is 7.25. The summed E-state index contributed by atoms with van der Waals surface area (Å²) in [5.74, 6) is 0.620. The van der Waals surface area contributed by atoms with Gasteiger partial charge in [0, 0.05) is 25.3 Å². The van der Waals surface area contributed by atoms with Gasteiger partial charge in [0.1, 0.15) is 5.82 Å². The number of halogens is 1. The van der Waals surface area contributed by atoms with Gasteiger partial charge in [-0.3, -0.25) is 4.79 Å². The maximum atomic E-state index is 12.5. The average Bonchev–Trinajstić information content (AvgIpc) is 2.46. The molecule has 0 aliphatic rings. The molecule has 112 valence electrons. The van der Waals surface area contributed by atoms with E-state index >= 15 is 0 Å². The Hall–Kier alpha value is -1.29. The van der Waals surface area contributed by atoms with Crippen LogP contribution in [0.1, 0.15) is 50.9 Å². The van der Waals surface area contributed by atoms with Crippen molar-refractivity contribution in [1.82, 2.24) is 9.88 Å². The van der Waals surface area contributed by atoms with E-state index in [1.807, 2.05) is 18.7 Å². The van der Waals surface area contributed by atoms with E-state index in [0.29, 0.717) is 22.9 Å². The first-order valence-corrected chi connectivity index (χ1v) is 7.63.